The SMILES string of the molecule is C=C[C@H](O)[C@H](CO[C@@H]1CCCCO1)Cc1ccccc1. The van der Waals surface area contributed by atoms with Crippen LogP contribution in [0.3, 0.4) is 0 Å². The van der Waals surface area contributed by atoms with E-state index in [2.05, 4.69) is 18.7 Å². The summed E-state index contributed by atoms with van der Waals surface area (Å²) < 4.78 is 11.4. The van der Waals surface area contributed by atoms with Gasteiger partial charge in [0, 0.05) is 12.5 Å². The summed E-state index contributed by atoms with van der Waals surface area (Å²) in [5.41, 5.74) is 1.20. The van der Waals surface area contributed by atoms with E-state index in [-0.39, 0.29) is 12.2 Å². The maximum absolute atomic E-state index is 10.1. The zero-order chi connectivity index (χ0) is 14.2. The largest absolute Gasteiger partial charge is 0.389 e. The van der Waals surface area contributed by atoms with Crippen molar-refractivity contribution >= 4 is 0 Å². The summed E-state index contributed by atoms with van der Waals surface area (Å²) in [6.07, 6.45) is 4.90. The van der Waals surface area contributed by atoms with Gasteiger partial charge < -0.3 is 14.6 Å². The van der Waals surface area contributed by atoms with Crippen LogP contribution in [0, 0.1) is 5.92 Å². The van der Waals surface area contributed by atoms with Crippen LogP contribution in [0.25, 0.3) is 0 Å². The van der Waals surface area contributed by atoms with E-state index in [0.29, 0.717) is 6.61 Å². The molecular weight excluding hydrogens is 252 g/mol. The Balaban J connectivity index is 1.88. The van der Waals surface area contributed by atoms with Crippen LogP contribution in [0.4, 0.5) is 0 Å². The molecule has 0 unspecified atom stereocenters. The average Bonchev–Trinajstić information content (AvgIpc) is 2.52. The second-order valence-electron chi connectivity index (χ2n) is 5.31. The summed E-state index contributed by atoms with van der Waals surface area (Å²) >= 11 is 0. The van der Waals surface area contributed by atoms with Crippen molar-refractivity contribution in [1.82, 2.24) is 0 Å². The number of aliphatic hydroxyl groups is 1. The van der Waals surface area contributed by atoms with Gasteiger partial charge in [0.25, 0.3) is 0 Å². The van der Waals surface area contributed by atoms with Crippen molar-refractivity contribution in [1.29, 1.82) is 0 Å². The number of hydrogen-bond acceptors (Lipinski definition) is 3. The number of rotatable bonds is 7. The second-order valence-corrected chi connectivity index (χ2v) is 5.31. The van der Waals surface area contributed by atoms with Crippen molar-refractivity contribution in [2.24, 2.45) is 5.92 Å². The minimum Gasteiger partial charge on any atom is -0.389 e. The monoisotopic (exact) mass is 276 g/mol. The van der Waals surface area contributed by atoms with Crippen LogP contribution in [0.15, 0.2) is 43.0 Å². The average molecular weight is 276 g/mol. The molecule has 1 N–H and O–H groups in total. The van der Waals surface area contributed by atoms with Gasteiger partial charge in [-0.2, -0.15) is 0 Å². The van der Waals surface area contributed by atoms with E-state index in [1.807, 2.05) is 18.2 Å². The van der Waals surface area contributed by atoms with Crippen molar-refractivity contribution in [2.75, 3.05) is 13.2 Å². The predicted molar refractivity (Wildman–Crippen MR) is 79.4 cm³/mol. The molecule has 0 bridgehead atoms. The summed E-state index contributed by atoms with van der Waals surface area (Å²) in [4.78, 5) is 0. The number of ether oxygens (including phenoxy) is 2. The fourth-order valence-electron chi connectivity index (χ4n) is 2.46. The van der Waals surface area contributed by atoms with E-state index in [9.17, 15) is 5.11 Å². The molecule has 3 atom stereocenters. The highest BCUT2D eigenvalue weighted by molar-refractivity contribution is 5.15. The molecule has 1 aliphatic heterocycles. The second kappa shape index (κ2) is 8.20. The first-order chi connectivity index (χ1) is 9.79. The first kappa shape index (κ1) is 15.2. The van der Waals surface area contributed by atoms with E-state index >= 15 is 0 Å². The van der Waals surface area contributed by atoms with Gasteiger partial charge in [0.1, 0.15) is 0 Å². The Kier molecular flexibility index (Phi) is 6.25. The molecular formula is C17H24O3. The molecule has 2 rings (SSSR count). The van der Waals surface area contributed by atoms with Crippen molar-refractivity contribution in [2.45, 2.75) is 38.1 Å². The molecule has 0 aliphatic carbocycles. The summed E-state index contributed by atoms with van der Waals surface area (Å²) in [7, 11) is 0. The van der Waals surface area contributed by atoms with Crippen molar-refractivity contribution in [3.8, 4) is 0 Å². The Bertz CT molecular complexity index is 384. The van der Waals surface area contributed by atoms with Crippen LogP contribution >= 0.6 is 0 Å². The number of aliphatic hydroxyl groups excluding tert-OH is 1. The molecule has 0 saturated carbocycles. The van der Waals surface area contributed by atoms with E-state index < -0.39 is 6.10 Å². The lowest BCUT2D eigenvalue weighted by Crippen LogP contribution is -2.30. The molecule has 0 spiro atoms. The molecule has 0 radical (unpaired) electrons. The molecule has 3 heteroatoms. The summed E-state index contributed by atoms with van der Waals surface area (Å²) in [6.45, 7) is 4.95. The van der Waals surface area contributed by atoms with Gasteiger partial charge in [0.15, 0.2) is 6.29 Å². The predicted octanol–water partition coefficient (Wildman–Crippen LogP) is 2.94. The van der Waals surface area contributed by atoms with Crippen LogP contribution in [-0.4, -0.2) is 30.7 Å². The van der Waals surface area contributed by atoms with Crippen LogP contribution in [0.1, 0.15) is 24.8 Å². The normalized spacial score (nSPS) is 22.1. The molecule has 0 aromatic heterocycles. The van der Waals surface area contributed by atoms with Crippen LogP contribution < -0.4 is 0 Å². The molecule has 1 aromatic carbocycles. The lowest BCUT2D eigenvalue weighted by atomic mass is 9.94. The van der Waals surface area contributed by atoms with Gasteiger partial charge >= 0.3 is 0 Å². The minimum absolute atomic E-state index is 0.0143. The highest BCUT2D eigenvalue weighted by atomic mass is 16.7. The Morgan fingerprint density at radius 2 is 2.15 bits per heavy atom. The smallest absolute Gasteiger partial charge is 0.157 e. The van der Waals surface area contributed by atoms with Gasteiger partial charge in [-0.1, -0.05) is 36.4 Å². The first-order valence-electron chi connectivity index (χ1n) is 7.37. The van der Waals surface area contributed by atoms with Crippen molar-refractivity contribution in [3.05, 3.63) is 48.6 Å². The lowest BCUT2D eigenvalue weighted by molar-refractivity contribution is -0.172. The highest BCUT2D eigenvalue weighted by Crippen LogP contribution is 2.18. The highest BCUT2D eigenvalue weighted by Gasteiger charge is 2.21. The van der Waals surface area contributed by atoms with Crippen LogP contribution in [0.5, 0.6) is 0 Å². The quantitative estimate of drug-likeness (QED) is 0.778. The van der Waals surface area contributed by atoms with Gasteiger partial charge in [-0.15, -0.1) is 6.58 Å². The Hall–Kier alpha value is -1.16. The topological polar surface area (TPSA) is 38.7 Å². The molecule has 20 heavy (non-hydrogen) atoms. The molecule has 1 aromatic rings. The maximum Gasteiger partial charge on any atom is 0.157 e. The summed E-state index contributed by atoms with van der Waals surface area (Å²) in [5.74, 6) is 0.0143. The van der Waals surface area contributed by atoms with Crippen molar-refractivity contribution in [3.63, 3.8) is 0 Å². The Labute approximate surface area is 121 Å². The van der Waals surface area contributed by atoms with Crippen molar-refractivity contribution < 1.29 is 14.6 Å². The first-order valence-corrected chi connectivity index (χ1v) is 7.37. The number of benzene rings is 1. The third-order valence-electron chi connectivity index (χ3n) is 3.70. The third-order valence-corrected chi connectivity index (χ3v) is 3.70. The van der Waals surface area contributed by atoms with E-state index in [0.717, 1.165) is 32.3 Å². The number of hydrogen-bond donors (Lipinski definition) is 1. The van der Waals surface area contributed by atoms with Gasteiger partial charge in [0.2, 0.25) is 0 Å². The molecule has 0 amide bonds. The van der Waals surface area contributed by atoms with Gasteiger partial charge in [-0.3, -0.25) is 0 Å². The molecule has 1 heterocycles. The molecule has 110 valence electrons. The molecule has 1 fully saturated rings. The summed E-state index contributed by atoms with van der Waals surface area (Å²) in [6, 6.07) is 10.2. The Morgan fingerprint density at radius 1 is 1.35 bits per heavy atom. The molecule has 1 aliphatic rings. The lowest BCUT2D eigenvalue weighted by Gasteiger charge is -2.26. The summed E-state index contributed by atoms with van der Waals surface area (Å²) in [5, 5.41) is 10.1. The third kappa shape index (κ3) is 4.75. The van der Waals surface area contributed by atoms with E-state index in [1.165, 1.54) is 5.56 Å². The maximum atomic E-state index is 10.1. The zero-order valence-electron chi connectivity index (χ0n) is 11.9. The van der Waals surface area contributed by atoms with E-state index in [4.69, 9.17) is 9.47 Å². The standard InChI is InChI=1S/C17H24O3/c1-2-16(18)15(12-14-8-4-3-5-9-14)13-20-17-10-6-7-11-19-17/h2-5,8-9,15-18H,1,6-7,10-13H2/t15-,16-,17+/m0/s1. The zero-order valence-corrected chi connectivity index (χ0v) is 11.9. The molecule has 1 saturated heterocycles. The van der Waals surface area contributed by atoms with Gasteiger partial charge in [0.05, 0.1) is 12.7 Å². The van der Waals surface area contributed by atoms with Gasteiger partial charge in [-0.25, -0.2) is 0 Å². The van der Waals surface area contributed by atoms with E-state index in [1.54, 1.807) is 6.08 Å². The van der Waals surface area contributed by atoms with Crippen LogP contribution in [0.2, 0.25) is 0 Å². The van der Waals surface area contributed by atoms with Crippen LogP contribution in [-0.2, 0) is 15.9 Å². The fourth-order valence-corrected chi connectivity index (χ4v) is 2.46. The minimum atomic E-state index is -0.557. The molecule has 3 nitrogen and oxygen atoms in total. The van der Waals surface area contributed by atoms with Gasteiger partial charge in [-0.05, 0) is 31.2 Å². The fraction of sp³-hybridized carbons (Fsp3) is 0.529. The Morgan fingerprint density at radius 3 is 2.80 bits per heavy atom.